The van der Waals surface area contributed by atoms with Crippen LogP contribution < -0.4 is 14.8 Å². The van der Waals surface area contributed by atoms with Crippen molar-refractivity contribution in [1.29, 1.82) is 0 Å². The number of thioether (sulfide) groups is 1. The molecule has 1 aliphatic heterocycles. The quantitative estimate of drug-likeness (QED) is 0.450. The van der Waals surface area contributed by atoms with Gasteiger partial charge in [0.1, 0.15) is 6.04 Å². The van der Waals surface area contributed by atoms with Crippen LogP contribution in [0.2, 0.25) is 0 Å². The fourth-order valence-corrected chi connectivity index (χ4v) is 4.38. The Morgan fingerprint density at radius 2 is 2.10 bits per heavy atom. The lowest BCUT2D eigenvalue weighted by molar-refractivity contribution is -0.114. The van der Waals surface area contributed by atoms with Crippen molar-refractivity contribution >= 4 is 23.5 Å². The van der Waals surface area contributed by atoms with E-state index in [1.54, 1.807) is 30.5 Å². The minimum atomic E-state index is -0.381. The number of nitrogens with one attached hydrogen (secondary N) is 1. The molecular weight excluding hydrogens is 400 g/mol. The van der Waals surface area contributed by atoms with Crippen LogP contribution in [0.25, 0.3) is 0 Å². The van der Waals surface area contributed by atoms with Crippen molar-refractivity contribution in [3.05, 3.63) is 35.0 Å². The van der Waals surface area contributed by atoms with Crippen molar-refractivity contribution in [2.45, 2.75) is 64.8 Å². The van der Waals surface area contributed by atoms with Crippen molar-refractivity contribution in [1.82, 2.24) is 14.8 Å². The fourth-order valence-electron chi connectivity index (χ4n) is 3.47. The number of benzene rings is 1. The van der Waals surface area contributed by atoms with E-state index in [1.807, 2.05) is 39.0 Å². The highest BCUT2D eigenvalue weighted by Crippen LogP contribution is 2.39. The van der Waals surface area contributed by atoms with E-state index in [0.717, 1.165) is 29.9 Å². The predicted molar refractivity (Wildman–Crippen MR) is 120 cm³/mol. The number of aromatic nitrogens is 3. The fraction of sp³-hybridized carbons (Fsp3) is 0.500. The van der Waals surface area contributed by atoms with Gasteiger partial charge in [-0.1, -0.05) is 31.2 Å². The van der Waals surface area contributed by atoms with Gasteiger partial charge in [0.25, 0.3) is 0 Å². The Morgan fingerprint density at radius 1 is 1.33 bits per heavy atom. The van der Waals surface area contributed by atoms with E-state index in [0.29, 0.717) is 28.2 Å². The maximum absolute atomic E-state index is 12.6. The third-order valence-corrected chi connectivity index (χ3v) is 5.73. The zero-order valence-electron chi connectivity index (χ0n) is 18.5. The standard InChI is InChI=1S/C22H30N4O3S/c1-7-8-11-30-22-24-21-23-14(4)19(15(5)27)20(26(21)25-22)16-9-10-17(29-13(2)3)18(12-16)28-6/h9-10,12-13,20H,7-8,11H2,1-6H3,(H,23,24,25). The van der Waals surface area contributed by atoms with E-state index in [2.05, 4.69) is 17.2 Å². The lowest BCUT2D eigenvalue weighted by atomic mass is 9.93. The average Bonchev–Trinajstić information content (AvgIpc) is 3.09. The van der Waals surface area contributed by atoms with Crippen LogP contribution in [-0.4, -0.2) is 39.5 Å². The van der Waals surface area contributed by atoms with Gasteiger partial charge in [-0.15, -0.1) is 5.10 Å². The zero-order valence-corrected chi connectivity index (χ0v) is 19.3. The molecule has 1 aromatic carbocycles. The molecule has 0 spiro atoms. The molecule has 0 amide bonds. The second kappa shape index (κ2) is 9.55. The highest BCUT2D eigenvalue weighted by molar-refractivity contribution is 7.99. The molecule has 162 valence electrons. The van der Waals surface area contributed by atoms with Gasteiger partial charge in [0.05, 0.1) is 13.2 Å². The molecule has 3 rings (SSSR count). The Hall–Kier alpha value is -2.48. The highest BCUT2D eigenvalue weighted by Gasteiger charge is 2.33. The number of carbonyl (C=O) groups is 1. The number of ether oxygens (including phenoxy) is 2. The molecule has 0 aliphatic carbocycles. The Morgan fingerprint density at radius 3 is 2.73 bits per heavy atom. The molecule has 2 aromatic rings. The van der Waals surface area contributed by atoms with E-state index in [-0.39, 0.29) is 17.9 Å². The maximum atomic E-state index is 12.6. The number of fused-ring (bicyclic) bond motifs is 1. The molecule has 7 nitrogen and oxygen atoms in total. The number of carbonyl (C=O) groups excluding carboxylic acids is 1. The van der Waals surface area contributed by atoms with Gasteiger partial charge in [0, 0.05) is 17.0 Å². The summed E-state index contributed by atoms with van der Waals surface area (Å²) in [5.41, 5.74) is 2.35. The normalized spacial score (nSPS) is 15.8. The summed E-state index contributed by atoms with van der Waals surface area (Å²) in [6, 6.07) is 5.38. The van der Waals surface area contributed by atoms with Crippen LogP contribution in [0.15, 0.2) is 34.6 Å². The SMILES string of the molecule is CCCCSc1nc2n(n1)C(c1ccc(OC(C)C)c(OC)c1)C(C(C)=O)=C(C)N2. The van der Waals surface area contributed by atoms with Gasteiger partial charge in [-0.05, 0) is 51.8 Å². The van der Waals surface area contributed by atoms with Crippen molar-refractivity contribution in [3.63, 3.8) is 0 Å². The van der Waals surface area contributed by atoms with Crippen molar-refractivity contribution in [2.75, 3.05) is 18.2 Å². The van der Waals surface area contributed by atoms with Crippen LogP contribution in [0.3, 0.4) is 0 Å². The molecule has 0 bridgehead atoms. The molecule has 1 atom stereocenters. The number of hydrogen-bond acceptors (Lipinski definition) is 7. The zero-order chi connectivity index (χ0) is 21.8. The Bertz CT molecular complexity index is 952. The molecule has 30 heavy (non-hydrogen) atoms. The minimum Gasteiger partial charge on any atom is -0.493 e. The molecule has 1 aromatic heterocycles. The van der Waals surface area contributed by atoms with Crippen LogP contribution >= 0.6 is 11.8 Å². The van der Waals surface area contributed by atoms with Crippen molar-refractivity contribution < 1.29 is 14.3 Å². The van der Waals surface area contributed by atoms with Gasteiger partial charge >= 0.3 is 0 Å². The van der Waals surface area contributed by atoms with E-state index in [1.165, 1.54) is 0 Å². The van der Waals surface area contributed by atoms with Gasteiger partial charge in [-0.2, -0.15) is 4.98 Å². The Kier molecular flexibility index (Phi) is 7.07. The Balaban J connectivity index is 2.05. The number of methoxy groups -OCH3 is 1. The lowest BCUT2D eigenvalue weighted by Gasteiger charge is -2.28. The number of anilines is 1. The van der Waals surface area contributed by atoms with Crippen LogP contribution in [0.5, 0.6) is 11.5 Å². The second-order valence-corrected chi connectivity index (χ2v) is 8.63. The summed E-state index contributed by atoms with van der Waals surface area (Å²) in [4.78, 5) is 17.2. The second-order valence-electron chi connectivity index (χ2n) is 7.56. The number of unbranched alkanes of at least 4 members (excludes halogenated alkanes) is 1. The molecule has 0 fully saturated rings. The van der Waals surface area contributed by atoms with Crippen LogP contribution in [0.4, 0.5) is 5.95 Å². The van der Waals surface area contributed by atoms with Crippen LogP contribution in [0.1, 0.15) is 59.1 Å². The van der Waals surface area contributed by atoms with Gasteiger partial charge < -0.3 is 14.8 Å². The first kappa shape index (κ1) is 22.2. The molecule has 1 N–H and O–H groups in total. The van der Waals surface area contributed by atoms with Crippen molar-refractivity contribution in [2.24, 2.45) is 0 Å². The molecule has 0 saturated carbocycles. The summed E-state index contributed by atoms with van der Waals surface area (Å²) in [5.74, 6) is 2.89. The number of ketones is 1. The molecule has 2 heterocycles. The summed E-state index contributed by atoms with van der Waals surface area (Å²) < 4.78 is 13.2. The molecular formula is C22H30N4O3S. The monoisotopic (exact) mass is 430 g/mol. The van der Waals surface area contributed by atoms with Crippen LogP contribution in [0, 0.1) is 0 Å². The number of allylic oxidation sites excluding steroid dienone is 2. The lowest BCUT2D eigenvalue weighted by Crippen LogP contribution is -2.27. The van der Waals surface area contributed by atoms with Crippen molar-refractivity contribution in [3.8, 4) is 11.5 Å². The minimum absolute atomic E-state index is 0.00666. The average molecular weight is 431 g/mol. The number of rotatable bonds is 9. The Labute approximate surface area is 182 Å². The predicted octanol–water partition coefficient (Wildman–Crippen LogP) is 4.84. The molecule has 0 radical (unpaired) electrons. The van der Waals surface area contributed by atoms with Gasteiger partial charge in [-0.25, -0.2) is 4.68 Å². The first-order valence-corrected chi connectivity index (χ1v) is 11.3. The topological polar surface area (TPSA) is 78.3 Å². The molecule has 8 heteroatoms. The number of hydrogen-bond donors (Lipinski definition) is 1. The van der Waals surface area contributed by atoms with Crippen LogP contribution in [-0.2, 0) is 4.79 Å². The van der Waals surface area contributed by atoms with Gasteiger partial charge in [0.15, 0.2) is 17.3 Å². The van der Waals surface area contributed by atoms with E-state index in [4.69, 9.17) is 14.6 Å². The molecule has 0 saturated heterocycles. The molecule has 1 unspecified atom stereocenters. The third kappa shape index (κ3) is 4.64. The summed E-state index contributed by atoms with van der Waals surface area (Å²) in [6.07, 6.45) is 2.26. The number of Topliss-reactive ketones (excluding diaryl/α,β-unsaturated/α-hetero) is 1. The first-order chi connectivity index (χ1) is 14.3. The third-order valence-electron chi connectivity index (χ3n) is 4.81. The summed E-state index contributed by atoms with van der Waals surface area (Å²) >= 11 is 1.63. The summed E-state index contributed by atoms with van der Waals surface area (Å²) in [7, 11) is 1.62. The van der Waals surface area contributed by atoms with E-state index in [9.17, 15) is 4.79 Å². The maximum Gasteiger partial charge on any atom is 0.227 e. The van der Waals surface area contributed by atoms with E-state index < -0.39 is 0 Å². The first-order valence-electron chi connectivity index (χ1n) is 10.3. The smallest absolute Gasteiger partial charge is 0.227 e. The van der Waals surface area contributed by atoms with E-state index >= 15 is 0 Å². The molecule has 1 aliphatic rings. The largest absolute Gasteiger partial charge is 0.493 e. The number of nitrogens with zero attached hydrogens (tertiary/aromatic N) is 3. The van der Waals surface area contributed by atoms with Gasteiger partial charge in [-0.3, -0.25) is 4.79 Å². The van der Waals surface area contributed by atoms with Gasteiger partial charge in [0.2, 0.25) is 11.1 Å². The summed E-state index contributed by atoms with van der Waals surface area (Å²) in [5, 5.41) is 8.68. The summed E-state index contributed by atoms with van der Waals surface area (Å²) in [6.45, 7) is 9.59. The highest BCUT2D eigenvalue weighted by atomic mass is 32.2.